The van der Waals surface area contributed by atoms with Gasteiger partial charge in [0.1, 0.15) is 0 Å². The molecule has 28 heavy (non-hydrogen) atoms. The lowest BCUT2D eigenvalue weighted by molar-refractivity contribution is 0.395. The molecular formula is C25H35N3. The summed E-state index contributed by atoms with van der Waals surface area (Å²) in [4.78, 5) is 9.53. The maximum absolute atomic E-state index is 4.75. The molecule has 150 valence electrons. The van der Waals surface area contributed by atoms with Gasteiger partial charge in [0.2, 0.25) is 0 Å². The van der Waals surface area contributed by atoms with Crippen molar-refractivity contribution in [3.8, 4) is 0 Å². The number of hydrogen-bond acceptors (Lipinski definition) is 3. The topological polar surface area (TPSA) is 18.8 Å². The first-order valence-electron chi connectivity index (χ1n) is 10.5. The van der Waals surface area contributed by atoms with Crippen molar-refractivity contribution in [1.82, 2.24) is 0 Å². The zero-order chi connectivity index (χ0) is 20.5. The van der Waals surface area contributed by atoms with E-state index in [1.807, 2.05) is 6.21 Å². The smallest absolute Gasteiger partial charge is 0.0631 e. The van der Waals surface area contributed by atoms with Crippen molar-refractivity contribution in [1.29, 1.82) is 0 Å². The van der Waals surface area contributed by atoms with Crippen molar-refractivity contribution >= 4 is 23.3 Å². The minimum absolute atomic E-state index is 0.196. The van der Waals surface area contributed by atoms with E-state index in [1.54, 1.807) is 0 Å². The lowest BCUT2D eigenvalue weighted by atomic mass is 9.79. The van der Waals surface area contributed by atoms with Crippen LogP contribution < -0.4 is 9.80 Å². The fourth-order valence-corrected chi connectivity index (χ4v) is 4.36. The molecule has 0 amide bonds. The highest BCUT2D eigenvalue weighted by Gasteiger charge is 2.34. The van der Waals surface area contributed by atoms with Crippen LogP contribution in [0.2, 0.25) is 0 Å². The number of aliphatic imine (C=N–C) groups is 1. The molecule has 0 saturated heterocycles. The quantitative estimate of drug-likeness (QED) is 0.568. The normalized spacial score (nSPS) is 18.4. The first-order chi connectivity index (χ1) is 13.3. The van der Waals surface area contributed by atoms with Gasteiger partial charge in [0, 0.05) is 43.3 Å². The van der Waals surface area contributed by atoms with E-state index >= 15 is 0 Å². The third-order valence-electron chi connectivity index (χ3n) is 6.35. The summed E-state index contributed by atoms with van der Waals surface area (Å²) in [5.41, 5.74) is 7.74. The van der Waals surface area contributed by atoms with Crippen molar-refractivity contribution in [2.45, 2.75) is 59.4 Å². The van der Waals surface area contributed by atoms with Crippen LogP contribution >= 0.6 is 0 Å². The zero-order valence-electron chi connectivity index (χ0n) is 18.6. The van der Waals surface area contributed by atoms with Gasteiger partial charge < -0.3 is 9.80 Å². The standard InChI is InChI=1S/C25H35N3/c1-8-28(9-2)22-12-10-21(11-13-22)26-17-20-15-23-19(4)16-25(5,6)27(7)24(23)14-18(20)3/h10-15,17,19H,8-9,16H2,1-7H3. The molecule has 2 aromatic carbocycles. The maximum Gasteiger partial charge on any atom is 0.0631 e. The number of rotatable bonds is 5. The predicted molar refractivity (Wildman–Crippen MR) is 124 cm³/mol. The highest BCUT2D eigenvalue weighted by atomic mass is 15.2. The highest BCUT2D eigenvalue weighted by Crippen LogP contribution is 2.43. The van der Waals surface area contributed by atoms with Gasteiger partial charge in [-0.3, -0.25) is 4.99 Å². The third-order valence-corrected chi connectivity index (χ3v) is 6.35. The first-order valence-corrected chi connectivity index (χ1v) is 10.5. The number of aryl methyl sites for hydroxylation is 1. The van der Waals surface area contributed by atoms with E-state index in [2.05, 4.69) is 94.8 Å². The molecule has 2 aromatic rings. The molecule has 3 rings (SSSR count). The second-order valence-corrected chi connectivity index (χ2v) is 8.69. The molecule has 0 radical (unpaired) electrons. The Balaban J connectivity index is 1.86. The first kappa shape index (κ1) is 20.4. The number of fused-ring (bicyclic) bond motifs is 1. The monoisotopic (exact) mass is 377 g/mol. The van der Waals surface area contributed by atoms with Crippen LogP contribution in [0.25, 0.3) is 0 Å². The second kappa shape index (κ2) is 7.98. The number of hydrogen-bond donors (Lipinski definition) is 0. The molecule has 1 aliphatic heterocycles. The van der Waals surface area contributed by atoms with Crippen LogP contribution in [0.4, 0.5) is 17.1 Å². The minimum Gasteiger partial charge on any atom is -0.372 e. The van der Waals surface area contributed by atoms with Crippen LogP contribution in [0.1, 0.15) is 63.6 Å². The summed E-state index contributed by atoms with van der Waals surface area (Å²) in [6.07, 6.45) is 3.19. The van der Waals surface area contributed by atoms with Gasteiger partial charge in [0.05, 0.1) is 5.69 Å². The molecule has 0 aliphatic carbocycles. The molecule has 1 heterocycles. The largest absolute Gasteiger partial charge is 0.372 e. The fraction of sp³-hybridized carbons (Fsp3) is 0.480. The van der Waals surface area contributed by atoms with Gasteiger partial charge in [-0.25, -0.2) is 0 Å². The Bertz CT molecular complexity index is 845. The average Bonchev–Trinajstić information content (AvgIpc) is 2.66. The second-order valence-electron chi connectivity index (χ2n) is 8.69. The number of nitrogens with zero attached hydrogens (tertiary/aromatic N) is 3. The van der Waals surface area contributed by atoms with Crippen molar-refractivity contribution in [3.63, 3.8) is 0 Å². The fourth-order valence-electron chi connectivity index (χ4n) is 4.36. The summed E-state index contributed by atoms with van der Waals surface area (Å²) in [5.74, 6) is 0.558. The van der Waals surface area contributed by atoms with E-state index < -0.39 is 0 Å². The molecule has 1 aliphatic rings. The number of anilines is 2. The van der Waals surface area contributed by atoms with Crippen molar-refractivity contribution in [2.24, 2.45) is 4.99 Å². The molecule has 0 bridgehead atoms. The van der Waals surface area contributed by atoms with Crippen molar-refractivity contribution < 1.29 is 0 Å². The molecule has 3 nitrogen and oxygen atoms in total. The number of benzene rings is 2. The molecule has 0 spiro atoms. The Hall–Kier alpha value is -2.29. The SMILES string of the molecule is CCN(CC)c1ccc(N=Cc2cc3c(cc2C)N(C)C(C)(C)CC3C)cc1. The molecule has 0 fully saturated rings. The predicted octanol–water partition coefficient (Wildman–Crippen LogP) is 6.31. The lowest BCUT2D eigenvalue weighted by Gasteiger charge is -2.45. The van der Waals surface area contributed by atoms with Crippen LogP contribution in [0, 0.1) is 6.92 Å². The Morgan fingerprint density at radius 1 is 1.14 bits per heavy atom. The van der Waals surface area contributed by atoms with Gasteiger partial charge in [-0.2, -0.15) is 0 Å². The van der Waals surface area contributed by atoms with Gasteiger partial charge in [-0.05, 0) is 100 Å². The van der Waals surface area contributed by atoms with Gasteiger partial charge in [-0.1, -0.05) is 6.92 Å². The van der Waals surface area contributed by atoms with Gasteiger partial charge >= 0.3 is 0 Å². The average molecular weight is 378 g/mol. The van der Waals surface area contributed by atoms with Crippen molar-refractivity contribution in [3.05, 3.63) is 53.1 Å². The molecule has 1 unspecified atom stereocenters. The van der Waals surface area contributed by atoms with Crippen LogP contribution in [0.15, 0.2) is 41.4 Å². The Labute approximate surface area is 171 Å². The van der Waals surface area contributed by atoms with Crippen LogP contribution in [0.3, 0.4) is 0 Å². The summed E-state index contributed by atoms with van der Waals surface area (Å²) >= 11 is 0. The summed E-state index contributed by atoms with van der Waals surface area (Å²) in [7, 11) is 2.22. The summed E-state index contributed by atoms with van der Waals surface area (Å²) in [5, 5.41) is 0. The van der Waals surface area contributed by atoms with Crippen LogP contribution in [-0.2, 0) is 0 Å². The molecule has 3 heteroatoms. The highest BCUT2D eigenvalue weighted by molar-refractivity contribution is 5.86. The molecule has 0 N–H and O–H groups in total. The summed E-state index contributed by atoms with van der Waals surface area (Å²) in [6, 6.07) is 13.2. The zero-order valence-corrected chi connectivity index (χ0v) is 18.6. The maximum atomic E-state index is 4.75. The van der Waals surface area contributed by atoms with E-state index in [-0.39, 0.29) is 5.54 Å². The van der Waals surface area contributed by atoms with Crippen molar-refractivity contribution in [2.75, 3.05) is 29.9 Å². The molecule has 1 atom stereocenters. The van der Waals surface area contributed by atoms with E-state index in [1.165, 1.54) is 34.5 Å². The Morgan fingerprint density at radius 2 is 1.79 bits per heavy atom. The van der Waals surface area contributed by atoms with E-state index in [4.69, 9.17) is 4.99 Å². The molecule has 0 saturated carbocycles. The van der Waals surface area contributed by atoms with Gasteiger partial charge in [0.15, 0.2) is 0 Å². The van der Waals surface area contributed by atoms with Gasteiger partial charge in [0.25, 0.3) is 0 Å². The molecular weight excluding hydrogens is 342 g/mol. The van der Waals surface area contributed by atoms with E-state index in [0.29, 0.717) is 5.92 Å². The minimum atomic E-state index is 0.196. The van der Waals surface area contributed by atoms with Crippen LogP contribution in [-0.4, -0.2) is 31.9 Å². The third kappa shape index (κ3) is 3.94. The van der Waals surface area contributed by atoms with Crippen LogP contribution in [0.5, 0.6) is 0 Å². The Morgan fingerprint density at radius 3 is 2.39 bits per heavy atom. The van der Waals surface area contributed by atoms with Gasteiger partial charge in [-0.15, -0.1) is 0 Å². The molecule has 0 aromatic heterocycles. The lowest BCUT2D eigenvalue weighted by Crippen LogP contribution is -2.45. The summed E-state index contributed by atoms with van der Waals surface area (Å²) < 4.78 is 0. The Kier molecular flexibility index (Phi) is 5.83. The van der Waals surface area contributed by atoms with E-state index in [0.717, 1.165) is 18.8 Å². The summed E-state index contributed by atoms with van der Waals surface area (Å²) in [6.45, 7) is 15.6. The van der Waals surface area contributed by atoms with E-state index in [9.17, 15) is 0 Å².